The minimum atomic E-state index is -0.146. The number of phenolic OH excluding ortho intramolecular Hbond substituents is 1. The molecule has 0 bridgehead atoms. The van der Waals surface area contributed by atoms with Crippen LogP contribution in [0.3, 0.4) is 0 Å². The highest BCUT2D eigenvalue weighted by atomic mass is 35.5. The molecule has 1 fully saturated rings. The van der Waals surface area contributed by atoms with E-state index in [9.17, 15) is 14.7 Å². The number of amides is 2. The third-order valence-corrected chi connectivity index (χ3v) is 7.39. The average Bonchev–Trinajstić information content (AvgIpc) is 3.31. The minimum Gasteiger partial charge on any atom is -0.508 e. The first-order valence-corrected chi connectivity index (χ1v) is 11.6. The van der Waals surface area contributed by atoms with Gasteiger partial charge in [-0.2, -0.15) is 0 Å². The van der Waals surface area contributed by atoms with E-state index >= 15 is 0 Å². The van der Waals surface area contributed by atoms with Crippen LogP contribution in [0.2, 0.25) is 0 Å². The fourth-order valence-electron chi connectivity index (χ4n) is 5.83. The number of fused-ring (bicyclic) bond motifs is 4. The van der Waals surface area contributed by atoms with E-state index in [0.717, 1.165) is 51.6 Å². The van der Waals surface area contributed by atoms with Crippen molar-refractivity contribution in [3.05, 3.63) is 64.7 Å². The van der Waals surface area contributed by atoms with Gasteiger partial charge in [0.15, 0.2) is 0 Å². The lowest BCUT2D eigenvalue weighted by molar-refractivity contribution is 0.0651. The van der Waals surface area contributed by atoms with Crippen LogP contribution in [0, 0.1) is 0 Å². The Morgan fingerprint density at radius 1 is 0.844 bits per heavy atom. The van der Waals surface area contributed by atoms with Gasteiger partial charge >= 0.3 is 0 Å². The zero-order valence-electron chi connectivity index (χ0n) is 18.3. The van der Waals surface area contributed by atoms with Gasteiger partial charge in [-0.05, 0) is 74.5 Å². The van der Waals surface area contributed by atoms with Crippen molar-refractivity contribution in [3.63, 3.8) is 0 Å². The van der Waals surface area contributed by atoms with E-state index < -0.39 is 0 Å². The van der Waals surface area contributed by atoms with Crippen molar-refractivity contribution in [2.75, 3.05) is 19.6 Å². The lowest BCUT2D eigenvalue weighted by Gasteiger charge is -2.33. The van der Waals surface area contributed by atoms with E-state index in [-0.39, 0.29) is 24.2 Å². The van der Waals surface area contributed by atoms with Crippen molar-refractivity contribution in [1.29, 1.82) is 0 Å². The largest absolute Gasteiger partial charge is 0.508 e. The molecule has 0 saturated carbocycles. The molecule has 2 aliphatic heterocycles. The van der Waals surface area contributed by atoms with E-state index in [1.54, 1.807) is 12.1 Å². The quantitative estimate of drug-likeness (QED) is 0.483. The summed E-state index contributed by atoms with van der Waals surface area (Å²) in [4.78, 5) is 28.9. The predicted octanol–water partition coefficient (Wildman–Crippen LogP) is 4.77. The van der Waals surface area contributed by atoms with Crippen molar-refractivity contribution in [2.24, 2.45) is 0 Å². The van der Waals surface area contributed by atoms with Crippen molar-refractivity contribution >= 4 is 24.2 Å². The number of carbonyl (C=O) groups excluding carboxylic acids is 2. The zero-order chi connectivity index (χ0) is 21.4. The number of halogens is 1. The molecular weight excluding hydrogens is 424 g/mol. The Balaban J connectivity index is 0.00000245. The molecule has 32 heavy (non-hydrogen) atoms. The first-order chi connectivity index (χ1) is 15.1. The molecule has 3 aliphatic rings. The number of carbonyl (C=O) groups is 2. The van der Waals surface area contributed by atoms with Gasteiger partial charge in [-0.1, -0.05) is 37.1 Å². The highest BCUT2D eigenvalue weighted by Gasteiger charge is 2.39. The second-order valence-corrected chi connectivity index (χ2v) is 9.10. The second-order valence-electron chi connectivity index (χ2n) is 9.10. The molecule has 5 nitrogen and oxygen atoms in total. The van der Waals surface area contributed by atoms with Gasteiger partial charge in [0.2, 0.25) is 0 Å². The van der Waals surface area contributed by atoms with Crippen LogP contribution in [0.4, 0.5) is 0 Å². The molecule has 1 N–H and O–H groups in total. The van der Waals surface area contributed by atoms with Crippen LogP contribution in [0.15, 0.2) is 42.5 Å². The molecule has 2 aromatic carbocycles. The third-order valence-electron chi connectivity index (χ3n) is 7.39. The third kappa shape index (κ3) is 4.04. The number of nitrogens with zero attached hydrogens (tertiary/aromatic N) is 2. The Morgan fingerprint density at radius 2 is 1.53 bits per heavy atom. The molecule has 2 aromatic rings. The Hall–Kier alpha value is -2.37. The molecular formula is C26H31ClN2O3. The van der Waals surface area contributed by atoms with E-state index in [0.29, 0.717) is 35.4 Å². The van der Waals surface area contributed by atoms with Crippen LogP contribution in [0.1, 0.15) is 76.3 Å². The van der Waals surface area contributed by atoms with E-state index in [2.05, 4.69) is 11.0 Å². The number of phenols is 1. The van der Waals surface area contributed by atoms with Gasteiger partial charge in [-0.15, -0.1) is 12.4 Å². The zero-order valence-corrected chi connectivity index (χ0v) is 19.2. The van der Waals surface area contributed by atoms with Crippen molar-refractivity contribution in [2.45, 2.75) is 56.9 Å². The average molecular weight is 455 g/mol. The molecule has 2 atom stereocenters. The summed E-state index contributed by atoms with van der Waals surface area (Å²) in [6, 6.07) is 13.7. The van der Waals surface area contributed by atoms with Crippen molar-refractivity contribution in [1.82, 2.24) is 9.80 Å². The van der Waals surface area contributed by atoms with Gasteiger partial charge in [0, 0.05) is 18.5 Å². The van der Waals surface area contributed by atoms with Crippen molar-refractivity contribution < 1.29 is 14.7 Å². The Morgan fingerprint density at radius 3 is 2.25 bits per heavy atom. The summed E-state index contributed by atoms with van der Waals surface area (Å²) in [6.45, 7) is 2.77. The first kappa shape index (κ1) is 22.8. The van der Waals surface area contributed by atoms with Gasteiger partial charge in [-0.25, -0.2) is 0 Å². The molecule has 1 aliphatic carbocycles. The van der Waals surface area contributed by atoms with Crippen LogP contribution in [0.5, 0.6) is 5.75 Å². The summed E-state index contributed by atoms with van der Waals surface area (Å²) in [5.74, 6) is 0.733. The topological polar surface area (TPSA) is 60.9 Å². The fourth-order valence-corrected chi connectivity index (χ4v) is 5.83. The van der Waals surface area contributed by atoms with E-state index in [4.69, 9.17) is 0 Å². The van der Waals surface area contributed by atoms with Gasteiger partial charge in [0.25, 0.3) is 11.8 Å². The molecule has 0 aromatic heterocycles. The molecule has 5 rings (SSSR count). The molecule has 0 radical (unpaired) electrons. The molecule has 1 saturated heterocycles. The smallest absolute Gasteiger partial charge is 0.261 e. The van der Waals surface area contributed by atoms with Gasteiger partial charge in [-0.3, -0.25) is 19.4 Å². The maximum Gasteiger partial charge on any atom is 0.261 e. The number of hydrogen-bond acceptors (Lipinski definition) is 4. The molecule has 2 heterocycles. The Bertz CT molecular complexity index is 973. The minimum absolute atomic E-state index is 0. The van der Waals surface area contributed by atoms with Gasteiger partial charge < -0.3 is 5.11 Å². The summed E-state index contributed by atoms with van der Waals surface area (Å²) >= 11 is 0. The molecule has 2 unspecified atom stereocenters. The van der Waals surface area contributed by atoms with Crippen LogP contribution in [-0.4, -0.2) is 52.4 Å². The number of hydrogen-bond donors (Lipinski definition) is 1. The number of imide groups is 1. The summed E-state index contributed by atoms with van der Waals surface area (Å²) in [5, 5.41) is 10.2. The van der Waals surface area contributed by atoms with Crippen LogP contribution in [-0.2, 0) is 6.42 Å². The van der Waals surface area contributed by atoms with Crippen LogP contribution >= 0.6 is 12.4 Å². The Labute approximate surface area is 195 Å². The number of aromatic hydroxyl groups is 1. The SMILES string of the molecule is Cl.O=C1c2ccccc2C(=O)N1CCCCCCN1CCC2c3cccc(O)c3CCC21. The lowest BCUT2D eigenvalue weighted by atomic mass is 9.79. The summed E-state index contributed by atoms with van der Waals surface area (Å²) in [6.07, 6.45) is 7.46. The molecule has 2 amide bonds. The highest BCUT2D eigenvalue weighted by molar-refractivity contribution is 6.21. The van der Waals surface area contributed by atoms with E-state index in [1.807, 2.05) is 24.3 Å². The Kier molecular flexibility index (Phi) is 6.87. The summed E-state index contributed by atoms with van der Waals surface area (Å²) in [7, 11) is 0. The number of benzene rings is 2. The fraction of sp³-hybridized carbons (Fsp3) is 0.462. The first-order valence-electron chi connectivity index (χ1n) is 11.6. The number of likely N-dealkylation sites (tertiary alicyclic amines) is 1. The number of rotatable bonds is 7. The molecule has 6 heteroatoms. The summed E-state index contributed by atoms with van der Waals surface area (Å²) in [5.41, 5.74) is 3.61. The highest BCUT2D eigenvalue weighted by Crippen LogP contribution is 2.43. The standard InChI is InChI=1S/C26H30N2O3.ClH/c29-24-11-7-10-18-19-14-17-27(23(19)13-12-20(18)24)15-5-1-2-6-16-28-25(30)21-8-3-4-9-22(21)26(28)31;/h3-4,7-11,19,23,29H,1-2,5-6,12-17H2;1H. The van der Waals surface area contributed by atoms with E-state index in [1.165, 1.54) is 22.4 Å². The van der Waals surface area contributed by atoms with Gasteiger partial charge in [0.1, 0.15) is 5.75 Å². The summed E-state index contributed by atoms with van der Waals surface area (Å²) < 4.78 is 0. The normalized spacial score (nSPS) is 21.8. The maximum atomic E-state index is 12.4. The molecule has 170 valence electrons. The van der Waals surface area contributed by atoms with Gasteiger partial charge in [0.05, 0.1) is 11.1 Å². The van der Waals surface area contributed by atoms with Crippen LogP contribution < -0.4 is 0 Å². The monoisotopic (exact) mass is 454 g/mol. The maximum absolute atomic E-state index is 12.4. The molecule has 0 spiro atoms. The number of unbranched alkanes of at least 4 members (excludes halogenated alkanes) is 3. The van der Waals surface area contributed by atoms with Crippen LogP contribution in [0.25, 0.3) is 0 Å². The second kappa shape index (κ2) is 9.63. The van der Waals surface area contributed by atoms with Crippen molar-refractivity contribution in [3.8, 4) is 5.75 Å². The predicted molar refractivity (Wildman–Crippen MR) is 127 cm³/mol. The lowest BCUT2D eigenvalue weighted by Crippen LogP contribution is -2.35.